The molecule has 0 unspecified atom stereocenters. The number of H-pyrrole nitrogens is 1. The van der Waals surface area contributed by atoms with E-state index in [1.807, 2.05) is 30.3 Å². The zero-order chi connectivity index (χ0) is 13.0. The van der Waals surface area contributed by atoms with E-state index in [-0.39, 0.29) is 16.9 Å². The van der Waals surface area contributed by atoms with E-state index in [0.29, 0.717) is 0 Å². The van der Waals surface area contributed by atoms with Crippen molar-refractivity contribution in [1.29, 1.82) is 0 Å². The molecule has 1 N–H and O–H groups in total. The second-order valence-electron chi connectivity index (χ2n) is 3.62. The van der Waals surface area contributed by atoms with E-state index >= 15 is 0 Å². The fraction of sp³-hybridized carbons (Fsp3) is 0. The minimum Gasteiger partial charge on any atom is -0.317 e. The van der Waals surface area contributed by atoms with Gasteiger partial charge in [0, 0.05) is 12.1 Å². The Bertz CT molecular complexity index is 645. The van der Waals surface area contributed by atoms with Crippen LogP contribution in [0.4, 0.5) is 5.69 Å². The summed E-state index contributed by atoms with van der Waals surface area (Å²) in [5.41, 5.74) is 0.600. The van der Waals surface area contributed by atoms with Crippen LogP contribution in [0.2, 0.25) is 0 Å². The van der Waals surface area contributed by atoms with Crippen LogP contribution in [0.25, 0.3) is 12.2 Å². The van der Waals surface area contributed by atoms with Gasteiger partial charge in [0.2, 0.25) is 5.56 Å². The van der Waals surface area contributed by atoms with Gasteiger partial charge in [-0.2, -0.15) is 0 Å². The Hall–Kier alpha value is -2.69. The van der Waals surface area contributed by atoms with Crippen molar-refractivity contribution >= 4 is 17.8 Å². The van der Waals surface area contributed by atoms with Gasteiger partial charge < -0.3 is 4.98 Å². The summed E-state index contributed by atoms with van der Waals surface area (Å²) >= 11 is 0. The van der Waals surface area contributed by atoms with Gasteiger partial charge in [-0.3, -0.25) is 14.9 Å². The summed E-state index contributed by atoms with van der Waals surface area (Å²) in [6.07, 6.45) is 3.23. The lowest BCUT2D eigenvalue weighted by atomic mass is 10.2. The van der Waals surface area contributed by atoms with E-state index in [0.717, 1.165) is 11.6 Å². The monoisotopic (exact) mass is 242 g/mol. The van der Waals surface area contributed by atoms with Crippen LogP contribution in [-0.2, 0) is 0 Å². The Labute approximate surface area is 103 Å². The third kappa shape index (κ3) is 2.70. The molecule has 2 rings (SSSR count). The maximum absolute atomic E-state index is 11.2. The van der Waals surface area contributed by atoms with Crippen LogP contribution in [-0.4, -0.2) is 9.91 Å². The molecule has 1 heterocycles. The molecule has 0 atom stereocenters. The molecule has 0 saturated carbocycles. The van der Waals surface area contributed by atoms with Crippen LogP contribution in [0.5, 0.6) is 0 Å². The molecule has 18 heavy (non-hydrogen) atoms. The van der Waals surface area contributed by atoms with Gasteiger partial charge in [-0.15, -0.1) is 0 Å². The molecule has 90 valence electrons. The molecular weight excluding hydrogens is 232 g/mol. The summed E-state index contributed by atoms with van der Waals surface area (Å²) < 4.78 is 0. The third-order valence-electron chi connectivity index (χ3n) is 2.37. The summed E-state index contributed by atoms with van der Waals surface area (Å²) in [7, 11) is 0. The molecule has 2 aromatic rings. The predicted molar refractivity (Wildman–Crippen MR) is 69.1 cm³/mol. The lowest BCUT2D eigenvalue weighted by Gasteiger charge is -1.96. The van der Waals surface area contributed by atoms with Gasteiger partial charge in [0.25, 0.3) is 5.69 Å². The number of nitro groups is 1. The van der Waals surface area contributed by atoms with Gasteiger partial charge in [0.1, 0.15) is 5.69 Å². The summed E-state index contributed by atoms with van der Waals surface area (Å²) in [6, 6.07) is 11.7. The first-order valence-electron chi connectivity index (χ1n) is 5.27. The van der Waals surface area contributed by atoms with E-state index < -0.39 is 4.92 Å². The summed E-state index contributed by atoms with van der Waals surface area (Å²) in [4.78, 5) is 23.9. The lowest BCUT2D eigenvalue weighted by Crippen LogP contribution is -2.07. The predicted octanol–water partition coefficient (Wildman–Crippen LogP) is 2.45. The molecule has 0 aliphatic heterocycles. The zero-order valence-corrected chi connectivity index (χ0v) is 9.37. The van der Waals surface area contributed by atoms with Gasteiger partial charge in [-0.1, -0.05) is 36.4 Å². The number of benzene rings is 1. The molecule has 0 fully saturated rings. The highest BCUT2D eigenvalue weighted by molar-refractivity contribution is 5.71. The Morgan fingerprint density at radius 2 is 1.78 bits per heavy atom. The van der Waals surface area contributed by atoms with Crippen LogP contribution >= 0.6 is 0 Å². The van der Waals surface area contributed by atoms with Crippen molar-refractivity contribution < 1.29 is 4.92 Å². The molecule has 0 amide bonds. The van der Waals surface area contributed by atoms with Crippen molar-refractivity contribution in [3.05, 3.63) is 74.2 Å². The van der Waals surface area contributed by atoms with E-state index in [9.17, 15) is 14.9 Å². The maximum Gasteiger partial charge on any atom is 0.292 e. The van der Waals surface area contributed by atoms with E-state index in [4.69, 9.17) is 0 Å². The highest BCUT2D eigenvalue weighted by atomic mass is 16.6. The standard InChI is InChI=1S/C13H10N2O3/c16-13-9-8-12(15(17)18)11(14-13)7-6-10-4-2-1-3-5-10/h1-9H,(H,14,16)/b7-6+. The van der Waals surface area contributed by atoms with Crippen molar-refractivity contribution in [2.75, 3.05) is 0 Å². The fourth-order valence-corrected chi connectivity index (χ4v) is 1.51. The summed E-state index contributed by atoms with van der Waals surface area (Å²) in [5, 5.41) is 10.8. The first-order chi connectivity index (χ1) is 8.66. The lowest BCUT2D eigenvalue weighted by molar-refractivity contribution is -0.385. The molecule has 5 nitrogen and oxygen atoms in total. The minimum absolute atomic E-state index is 0.123. The van der Waals surface area contributed by atoms with Gasteiger partial charge in [-0.25, -0.2) is 0 Å². The summed E-state index contributed by atoms with van der Waals surface area (Å²) in [5.74, 6) is 0. The molecule has 1 aromatic carbocycles. The molecule has 0 aliphatic rings. The third-order valence-corrected chi connectivity index (χ3v) is 2.37. The normalized spacial score (nSPS) is 10.7. The average Bonchev–Trinajstić information content (AvgIpc) is 2.37. The van der Waals surface area contributed by atoms with Crippen molar-refractivity contribution in [3.63, 3.8) is 0 Å². The molecule has 0 aliphatic carbocycles. The second kappa shape index (κ2) is 5.09. The maximum atomic E-state index is 11.2. The zero-order valence-electron chi connectivity index (χ0n) is 9.37. The number of rotatable bonds is 3. The molecule has 5 heteroatoms. The molecule has 0 radical (unpaired) electrons. The number of hydrogen-bond donors (Lipinski definition) is 1. The Balaban J connectivity index is 2.39. The molecular formula is C13H10N2O3. The number of nitrogens with one attached hydrogen (secondary N) is 1. The van der Waals surface area contributed by atoms with Crippen molar-refractivity contribution in [3.8, 4) is 0 Å². The average molecular weight is 242 g/mol. The SMILES string of the molecule is O=c1ccc([N+](=O)[O-])c(/C=C/c2ccccc2)[nH]1. The highest BCUT2D eigenvalue weighted by Gasteiger charge is 2.11. The van der Waals surface area contributed by atoms with Gasteiger partial charge >= 0.3 is 0 Å². The smallest absolute Gasteiger partial charge is 0.292 e. The topological polar surface area (TPSA) is 76.0 Å². The van der Waals surface area contributed by atoms with Crippen LogP contribution in [0.3, 0.4) is 0 Å². The van der Waals surface area contributed by atoms with Crippen LogP contribution in [0, 0.1) is 10.1 Å². The van der Waals surface area contributed by atoms with Crippen molar-refractivity contribution in [1.82, 2.24) is 4.98 Å². The van der Waals surface area contributed by atoms with Gasteiger partial charge in [0.05, 0.1) is 4.92 Å². The second-order valence-corrected chi connectivity index (χ2v) is 3.62. The highest BCUT2D eigenvalue weighted by Crippen LogP contribution is 2.16. The van der Waals surface area contributed by atoms with Crippen LogP contribution in [0.1, 0.15) is 11.3 Å². The van der Waals surface area contributed by atoms with Crippen LogP contribution in [0.15, 0.2) is 47.3 Å². The molecule has 0 saturated heterocycles. The number of nitrogens with zero attached hydrogens (tertiary/aromatic N) is 1. The number of aromatic nitrogens is 1. The van der Waals surface area contributed by atoms with Crippen LogP contribution < -0.4 is 5.56 Å². The number of aromatic amines is 1. The Morgan fingerprint density at radius 1 is 1.06 bits per heavy atom. The minimum atomic E-state index is -0.527. The largest absolute Gasteiger partial charge is 0.317 e. The van der Waals surface area contributed by atoms with E-state index in [2.05, 4.69) is 4.98 Å². The first-order valence-corrected chi connectivity index (χ1v) is 5.27. The number of pyridine rings is 1. The van der Waals surface area contributed by atoms with Crippen molar-refractivity contribution in [2.45, 2.75) is 0 Å². The Morgan fingerprint density at radius 3 is 2.44 bits per heavy atom. The number of hydrogen-bond acceptors (Lipinski definition) is 3. The van der Waals surface area contributed by atoms with E-state index in [1.165, 1.54) is 12.1 Å². The van der Waals surface area contributed by atoms with Gasteiger partial charge in [-0.05, 0) is 11.6 Å². The van der Waals surface area contributed by atoms with Crippen molar-refractivity contribution in [2.24, 2.45) is 0 Å². The quantitative estimate of drug-likeness (QED) is 0.663. The van der Waals surface area contributed by atoms with Gasteiger partial charge in [0.15, 0.2) is 0 Å². The van der Waals surface area contributed by atoms with E-state index in [1.54, 1.807) is 6.08 Å². The first kappa shape index (κ1) is 11.8. The molecule has 0 bridgehead atoms. The Kier molecular flexibility index (Phi) is 3.33. The molecule has 0 spiro atoms. The summed E-state index contributed by atoms with van der Waals surface area (Å²) in [6.45, 7) is 0. The molecule has 1 aromatic heterocycles. The fourth-order valence-electron chi connectivity index (χ4n) is 1.51.